The third-order valence-corrected chi connectivity index (χ3v) is 3.80. The predicted molar refractivity (Wildman–Crippen MR) is 91.1 cm³/mol. The van der Waals surface area contributed by atoms with Crippen molar-refractivity contribution in [1.29, 1.82) is 0 Å². The number of likely N-dealkylation sites (N-methyl/N-ethyl adjacent to an activating group) is 1. The molecule has 0 aliphatic rings. The second kappa shape index (κ2) is 7.40. The maximum Gasteiger partial charge on any atom is 0.246 e. The monoisotopic (exact) mass is 359 g/mol. The van der Waals surface area contributed by atoms with Gasteiger partial charge in [0.15, 0.2) is 0 Å². The summed E-state index contributed by atoms with van der Waals surface area (Å²) in [6.45, 7) is 0.393. The predicted octanol–water partition coefficient (Wildman–Crippen LogP) is 2.79. The van der Waals surface area contributed by atoms with Crippen LogP contribution in [-0.2, 0) is 17.9 Å². The van der Waals surface area contributed by atoms with Crippen LogP contribution in [0.25, 0.3) is 11.4 Å². The minimum Gasteiger partial charge on any atom is -0.340 e. The van der Waals surface area contributed by atoms with Crippen LogP contribution in [0.15, 0.2) is 48.5 Å². The highest BCUT2D eigenvalue weighted by Crippen LogP contribution is 2.14. The molecule has 0 N–H and O–H groups in total. The van der Waals surface area contributed by atoms with E-state index < -0.39 is 0 Å². The van der Waals surface area contributed by atoms with Gasteiger partial charge in [0.05, 0.1) is 0 Å². The molecule has 3 aromatic rings. The molecule has 1 heterocycles. The topological polar surface area (TPSA) is 63.9 Å². The fourth-order valence-electron chi connectivity index (χ4n) is 2.26. The minimum atomic E-state index is -0.339. The van der Waals surface area contributed by atoms with Crippen LogP contribution in [0.3, 0.4) is 0 Å². The lowest BCUT2D eigenvalue weighted by Crippen LogP contribution is -2.30. The second-order valence-corrected chi connectivity index (χ2v) is 5.97. The Labute approximate surface area is 148 Å². The van der Waals surface area contributed by atoms with Gasteiger partial charge in [-0.25, -0.2) is 4.39 Å². The first-order valence-electron chi connectivity index (χ1n) is 7.53. The Morgan fingerprint density at radius 2 is 2.00 bits per heavy atom. The van der Waals surface area contributed by atoms with Crippen molar-refractivity contribution in [3.63, 3.8) is 0 Å². The van der Waals surface area contributed by atoms with Gasteiger partial charge in [0.1, 0.15) is 12.4 Å². The number of tetrazole rings is 1. The molecule has 3 rings (SSSR count). The van der Waals surface area contributed by atoms with Gasteiger partial charge in [0.2, 0.25) is 11.7 Å². The number of carbonyl (C=O) groups excluding carboxylic acids is 1. The lowest BCUT2D eigenvalue weighted by molar-refractivity contribution is -0.131. The van der Waals surface area contributed by atoms with Gasteiger partial charge >= 0.3 is 0 Å². The smallest absolute Gasteiger partial charge is 0.246 e. The first-order valence-corrected chi connectivity index (χ1v) is 7.91. The fraction of sp³-hybridized carbons (Fsp3) is 0.176. The molecule has 0 aliphatic heterocycles. The van der Waals surface area contributed by atoms with Crippen molar-refractivity contribution in [2.75, 3.05) is 7.05 Å². The lowest BCUT2D eigenvalue weighted by Gasteiger charge is -2.16. The van der Waals surface area contributed by atoms with E-state index in [4.69, 9.17) is 11.6 Å². The summed E-state index contributed by atoms with van der Waals surface area (Å²) >= 11 is 5.95. The van der Waals surface area contributed by atoms with Crippen molar-refractivity contribution in [3.05, 3.63) is 64.9 Å². The number of hydrogen-bond donors (Lipinski definition) is 0. The molecule has 0 radical (unpaired) electrons. The SMILES string of the molecule is CN(Cc1cccc(Cl)c1)C(=O)Cn1nnc(-c2ccc(F)cc2)n1. The highest BCUT2D eigenvalue weighted by molar-refractivity contribution is 6.30. The third-order valence-electron chi connectivity index (χ3n) is 3.57. The molecule has 6 nitrogen and oxygen atoms in total. The highest BCUT2D eigenvalue weighted by Gasteiger charge is 2.13. The number of hydrogen-bond acceptors (Lipinski definition) is 4. The molecule has 1 amide bonds. The van der Waals surface area contributed by atoms with Gasteiger partial charge < -0.3 is 4.90 Å². The van der Waals surface area contributed by atoms with E-state index in [2.05, 4.69) is 15.4 Å². The van der Waals surface area contributed by atoms with Gasteiger partial charge in [-0.2, -0.15) is 4.80 Å². The number of benzene rings is 2. The number of aromatic nitrogens is 4. The summed E-state index contributed by atoms with van der Waals surface area (Å²) in [4.78, 5) is 15.1. The Bertz CT molecular complexity index is 881. The molecule has 0 unspecified atom stereocenters. The van der Waals surface area contributed by atoms with E-state index in [9.17, 15) is 9.18 Å². The molecule has 2 aromatic carbocycles. The number of rotatable bonds is 5. The first kappa shape index (κ1) is 17.0. The van der Waals surface area contributed by atoms with Crippen LogP contribution in [0.5, 0.6) is 0 Å². The van der Waals surface area contributed by atoms with Crippen LogP contribution < -0.4 is 0 Å². The Hall–Kier alpha value is -2.80. The average molecular weight is 360 g/mol. The molecule has 1 aromatic heterocycles. The van der Waals surface area contributed by atoms with Crippen LogP contribution >= 0.6 is 11.6 Å². The van der Waals surface area contributed by atoms with Gasteiger partial charge in [0, 0.05) is 24.2 Å². The molecule has 0 bridgehead atoms. The third kappa shape index (κ3) is 4.39. The highest BCUT2D eigenvalue weighted by atomic mass is 35.5. The maximum absolute atomic E-state index is 13.0. The van der Waals surface area contributed by atoms with Crippen LogP contribution in [0.1, 0.15) is 5.56 Å². The molecule has 128 valence electrons. The lowest BCUT2D eigenvalue weighted by atomic mass is 10.2. The van der Waals surface area contributed by atoms with Gasteiger partial charge in [-0.1, -0.05) is 23.7 Å². The summed E-state index contributed by atoms with van der Waals surface area (Å²) in [5, 5.41) is 12.5. The van der Waals surface area contributed by atoms with Crippen molar-refractivity contribution >= 4 is 17.5 Å². The molecule has 0 atom stereocenters. The van der Waals surface area contributed by atoms with E-state index in [1.165, 1.54) is 16.9 Å². The quantitative estimate of drug-likeness (QED) is 0.702. The van der Waals surface area contributed by atoms with Crippen molar-refractivity contribution in [2.45, 2.75) is 13.1 Å². The summed E-state index contributed by atoms with van der Waals surface area (Å²) in [7, 11) is 1.70. The van der Waals surface area contributed by atoms with E-state index in [0.29, 0.717) is 23.0 Å². The number of nitrogens with zero attached hydrogens (tertiary/aromatic N) is 5. The van der Waals surface area contributed by atoms with Gasteiger partial charge in [-0.05, 0) is 47.2 Å². The van der Waals surface area contributed by atoms with E-state index in [-0.39, 0.29) is 18.3 Å². The number of carbonyl (C=O) groups is 1. The van der Waals surface area contributed by atoms with E-state index >= 15 is 0 Å². The van der Waals surface area contributed by atoms with Gasteiger partial charge in [0.25, 0.3) is 0 Å². The van der Waals surface area contributed by atoms with Crippen molar-refractivity contribution in [3.8, 4) is 11.4 Å². The second-order valence-electron chi connectivity index (χ2n) is 5.53. The van der Waals surface area contributed by atoms with Crippen LogP contribution in [0.4, 0.5) is 4.39 Å². The molecule has 0 aliphatic carbocycles. The zero-order valence-electron chi connectivity index (χ0n) is 13.4. The van der Waals surface area contributed by atoms with Crippen molar-refractivity contribution in [2.24, 2.45) is 0 Å². The number of amides is 1. The van der Waals surface area contributed by atoms with Crippen LogP contribution in [-0.4, -0.2) is 38.1 Å². The van der Waals surface area contributed by atoms with Gasteiger partial charge in [-0.15, -0.1) is 10.2 Å². The molecule has 0 spiro atoms. The zero-order valence-corrected chi connectivity index (χ0v) is 14.2. The summed E-state index contributed by atoms with van der Waals surface area (Å²) < 4.78 is 13.0. The minimum absolute atomic E-state index is 0.0364. The summed E-state index contributed by atoms with van der Waals surface area (Å²) in [5.41, 5.74) is 1.56. The van der Waals surface area contributed by atoms with E-state index in [0.717, 1.165) is 5.56 Å². The van der Waals surface area contributed by atoms with Crippen LogP contribution in [0.2, 0.25) is 5.02 Å². The largest absolute Gasteiger partial charge is 0.340 e. The summed E-state index contributed by atoms with van der Waals surface area (Å²) in [5.74, 6) is -0.165. The molecule has 0 fully saturated rings. The Morgan fingerprint density at radius 3 is 2.72 bits per heavy atom. The Balaban J connectivity index is 1.64. The molecule has 0 saturated heterocycles. The zero-order chi connectivity index (χ0) is 17.8. The van der Waals surface area contributed by atoms with E-state index in [1.54, 1.807) is 30.1 Å². The first-order chi connectivity index (χ1) is 12.0. The summed E-state index contributed by atoms with van der Waals surface area (Å²) in [6.07, 6.45) is 0. The Kier molecular flexibility index (Phi) is 5.04. The molecular weight excluding hydrogens is 345 g/mol. The van der Waals surface area contributed by atoms with Crippen molar-refractivity contribution in [1.82, 2.24) is 25.1 Å². The van der Waals surface area contributed by atoms with E-state index in [1.807, 2.05) is 18.2 Å². The number of halogens is 2. The summed E-state index contributed by atoms with van der Waals surface area (Å²) in [6, 6.07) is 13.1. The fourth-order valence-corrected chi connectivity index (χ4v) is 2.48. The molecule has 25 heavy (non-hydrogen) atoms. The standard InChI is InChI=1S/C17H15ClFN5O/c1-23(10-12-3-2-4-14(18)9-12)16(25)11-24-21-17(20-22-24)13-5-7-15(19)8-6-13/h2-9H,10-11H2,1H3. The van der Waals surface area contributed by atoms with Gasteiger partial charge in [-0.3, -0.25) is 4.79 Å². The van der Waals surface area contributed by atoms with Crippen molar-refractivity contribution < 1.29 is 9.18 Å². The maximum atomic E-state index is 13.0. The normalized spacial score (nSPS) is 10.7. The average Bonchev–Trinajstić information content (AvgIpc) is 3.04. The molecular formula is C17H15ClFN5O. The molecule has 0 saturated carbocycles. The molecule has 8 heteroatoms. The van der Waals surface area contributed by atoms with Crippen LogP contribution in [0, 0.1) is 5.82 Å². The Morgan fingerprint density at radius 1 is 1.24 bits per heavy atom.